The molecule has 1 aromatic carbocycles. The monoisotopic (exact) mass is 309 g/mol. The summed E-state index contributed by atoms with van der Waals surface area (Å²) in [7, 11) is -3.74. The summed E-state index contributed by atoms with van der Waals surface area (Å²) >= 11 is 0. The number of hydrogen-bond donors (Lipinski definition) is 2. The third-order valence-corrected chi connectivity index (χ3v) is 4.61. The van der Waals surface area contributed by atoms with E-state index < -0.39 is 10.0 Å². The Balaban J connectivity index is 1.93. The minimum Gasteiger partial charge on any atom is -0.492 e. The molecule has 1 aliphatic rings. The molecule has 1 aromatic heterocycles. The average Bonchev–Trinajstić information content (AvgIpc) is 2.97. The molecule has 8 heteroatoms. The Bertz CT molecular complexity index is 741. The van der Waals surface area contributed by atoms with Gasteiger partial charge in [-0.2, -0.15) is 0 Å². The topological polar surface area (TPSA) is 107 Å². The standard InChI is InChI=1S/C13H15N3O4S/c14-10-6-9-2-1-5-19-13(9)12(7-10)21(17,18)16-8-11-3-4-15-20-11/h3-4,6-7,16H,1-2,5,8,14H2. The van der Waals surface area contributed by atoms with Gasteiger partial charge in [0, 0.05) is 11.8 Å². The van der Waals surface area contributed by atoms with Crippen molar-refractivity contribution in [2.24, 2.45) is 0 Å². The van der Waals surface area contributed by atoms with Crippen molar-refractivity contribution in [3.05, 3.63) is 35.7 Å². The maximum Gasteiger partial charge on any atom is 0.244 e. The normalized spacial score (nSPS) is 14.5. The van der Waals surface area contributed by atoms with Crippen LogP contribution in [0.2, 0.25) is 0 Å². The van der Waals surface area contributed by atoms with Gasteiger partial charge in [-0.25, -0.2) is 13.1 Å². The Kier molecular flexibility index (Phi) is 3.56. The third kappa shape index (κ3) is 2.86. The van der Waals surface area contributed by atoms with Crippen molar-refractivity contribution >= 4 is 15.7 Å². The number of nitrogens with two attached hydrogens (primary N) is 1. The highest BCUT2D eigenvalue weighted by Crippen LogP contribution is 2.34. The van der Waals surface area contributed by atoms with Crippen LogP contribution in [0.3, 0.4) is 0 Å². The zero-order chi connectivity index (χ0) is 14.9. The quantitative estimate of drug-likeness (QED) is 0.818. The molecule has 0 bridgehead atoms. The van der Waals surface area contributed by atoms with Gasteiger partial charge in [0.25, 0.3) is 0 Å². The van der Waals surface area contributed by atoms with Gasteiger partial charge >= 0.3 is 0 Å². The summed E-state index contributed by atoms with van der Waals surface area (Å²) in [5.41, 5.74) is 7.02. The Morgan fingerprint density at radius 2 is 2.24 bits per heavy atom. The number of aryl methyl sites for hydroxylation is 1. The van der Waals surface area contributed by atoms with Crippen LogP contribution in [0, 0.1) is 0 Å². The van der Waals surface area contributed by atoms with Crippen LogP contribution < -0.4 is 15.2 Å². The van der Waals surface area contributed by atoms with Crippen molar-refractivity contribution in [3.63, 3.8) is 0 Å². The summed E-state index contributed by atoms with van der Waals surface area (Å²) in [4.78, 5) is 0.0664. The smallest absolute Gasteiger partial charge is 0.244 e. The van der Waals surface area contributed by atoms with Crippen LogP contribution in [0.25, 0.3) is 0 Å². The highest BCUT2D eigenvalue weighted by molar-refractivity contribution is 7.89. The van der Waals surface area contributed by atoms with Crippen LogP contribution in [0.1, 0.15) is 17.7 Å². The predicted octanol–water partition coefficient (Wildman–Crippen LogP) is 1.06. The van der Waals surface area contributed by atoms with E-state index in [4.69, 9.17) is 15.0 Å². The van der Waals surface area contributed by atoms with E-state index in [2.05, 4.69) is 9.88 Å². The van der Waals surface area contributed by atoms with Gasteiger partial charge < -0.3 is 15.0 Å². The van der Waals surface area contributed by atoms with Gasteiger partial charge in [-0.1, -0.05) is 5.16 Å². The summed E-state index contributed by atoms with van der Waals surface area (Å²) < 4.78 is 37.7. The van der Waals surface area contributed by atoms with E-state index in [1.54, 1.807) is 12.1 Å². The first-order valence-corrected chi connectivity index (χ1v) is 7.99. The molecule has 0 amide bonds. The SMILES string of the molecule is Nc1cc2c(c(S(=O)(=O)NCc3ccno3)c1)OCCC2. The maximum absolute atomic E-state index is 12.4. The molecule has 0 saturated carbocycles. The Morgan fingerprint density at radius 1 is 1.38 bits per heavy atom. The largest absolute Gasteiger partial charge is 0.492 e. The molecule has 0 saturated heterocycles. The van der Waals surface area contributed by atoms with E-state index in [1.165, 1.54) is 12.3 Å². The number of fused-ring (bicyclic) bond motifs is 1. The maximum atomic E-state index is 12.4. The molecule has 2 heterocycles. The molecule has 0 atom stereocenters. The lowest BCUT2D eigenvalue weighted by atomic mass is 10.1. The summed E-state index contributed by atoms with van der Waals surface area (Å²) in [6.45, 7) is 0.521. The molecule has 0 aliphatic carbocycles. The Morgan fingerprint density at radius 3 is 3.00 bits per heavy atom. The zero-order valence-electron chi connectivity index (χ0n) is 11.2. The molecule has 1 aliphatic heterocycles. The lowest BCUT2D eigenvalue weighted by molar-refractivity contribution is 0.280. The van der Waals surface area contributed by atoms with Crippen molar-refractivity contribution < 1.29 is 17.7 Å². The fraction of sp³-hybridized carbons (Fsp3) is 0.308. The molecule has 3 rings (SSSR count). The van der Waals surface area contributed by atoms with Crippen LogP contribution in [0.15, 0.2) is 33.8 Å². The minimum absolute atomic E-state index is 0.0197. The number of nitrogen functional groups attached to an aromatic ring is 1. The van der Waals surface area contributed by atoms with Crippen molar-refractivity contribution in [2.75, 3.05) is 12.3 Å². The highest BCUT2D eigenvalue weighted by Gasteiger charge is 2.25. The lowest BCUT2D eigenvalue weighted by Crippen LogP contribution is -2.25. The molecular weight excluding hydrogens is 294 g/mol. The number of rotatable bonds is 4. The van der Waals surface area contributed by atoms with Gasteiger partial charge in [0.1, 0.15) is 10.6 Å². The molecule has 21 heavy (non-hydrogen) atoms. The van der Waals surface area contributed by atoms with E-state index in [0.717, 1.165) is 18.4 Å². The average molecular weight is 309 g/mol. The number of benzene rings is 1. The Labute approximate surface area is 122 Å². The summed E-state index contributed by atoms with van der Waals surface area (Å²) in [5.74, 6) is 0.817. The second-order valence-corrected chi connectivity index (χ2v) is 6.50. The third-order valence-electron chi connectivity index (χ3n) is 3.21. The second-order valence-electron chi connectivity index (χ2n) is 4.76. The van der Waals surface area contributed by atoms with Crippen molar-refractivity contribution in [3.8, 4) is 5.75 Å². The number of aromatic nitrogens is 1. The number of ether oxygens (including phenoxy) is 1. The highest BCUT2D eigenvalue weighted by atomic mass is 32.2. The fourth-order valence-corrected chi connectivity index (χ4v) is 3.46. The van der Waals surface area contributed by atoms with Crippen molar-refractivity contribution in [2.45, 2.75) is 24.3 Å². The van der Waals surface area contributed by atoms with Crippen LogP contribution in [-0.2, 0) is 23.0 Å². The number of nitrogens with one attached hydrogen (secondary N) is 1. The number of hydrogen-bond acceptors (Lipinski definition) is 6. The van der Waals surface area contributed by atoms with Gasteiger partial charge in [-0.05, 0) is 30.5 Å². The number of nitrogens with zero attached hydrogens (tertiary/aromatic N) is 1. The van der Waals surface area contributed by atoms with Crippen LogP contribution in [0.4, 0.5) is 5.69 Å². The van der Waals surface area contributed by atoms with Gasteiger partial charge in [-0.15, -0.1) is 0 Å². The fourth-order valence-electron chi connectivity index (χ4n) is 2.25. The van der Waals surface area contributed by atoms with E-state index in [-0.39, 0.29) is 11.4 Å². The molecule has 7 nitrogen and oxygen atoms in total. The van der Waals surface area contributed by atoms with E-state index in [0.29, 0.717) is 23.8 Å². The first kappa shape index (κ1) is 13.9. The molecule has 112 valence electrons. The minimum atomic E-state index is -3.74. The molecule has 3 N–H and O–H groups in total. The van der Waals surface area contributed by atoms with E-state index >= 15 is 0 Å². The zero-order valence-corrected chi connectivity index (χ0v) is 12.0. The molecular formula is C13H15N3O4S. The van der Waals surface area contributed by atoms with Gasteiger partial charge in [0.05, 0.1) is 19.3 Å². The molecule has 0 radical (unpaired) electrons. The van der Waals surface area contributed by atoms with Gasteiger partial charge in [-0.3, -0.25) is 0 Å². The molecule has 0 spiro atoms. The predicted molar refractivity (Wildman–Crippen MR) is 75.2 cm³/mol. The number of anilines is 1. The van der Waals surface area contributed by atoms with Crippen LogP contribution >= 0.6 is 0 Å². The Hall–Kier alpha value is -2.06. The second kappa shape index (κ2) is 5.38. The summed E-state index contributed by atoms with van der Waals surface area (Å²) in [6, 6.07) is 4.75. The van der Waals surface area contributed by atoms with Gasteiger partial charge in [0.2, 0.25) is 10.0 Å². The van der Waals surface area contributed by atoms with Crippen molar-refractivity contribution in [1.82, 2.24) is 9.88 Å². The summed E-state index contributed by atoms with van der Waals surface area (Å²) in [5, 5.41) is 3.53. The summed E-state index contributed by atoms with van der Waals surface area (Å²) in [6.07, 6.45) is 3.06. The number of sulfonamides is 1. The molecule has 0 fully saturated rings. The van der Waals surface area contributed by atoms with E-state index in [1.807, 2.05) is 0 Å². The van der Waals surface area contributed by atoms with Gasteiger partial charge in [0.15, 0.2) is 5.76 Å². The van der Waals surface area contributed by atoms with Crippen LogP contribution in [-0.4, -0.2) is 20.2 Å². The van der Waals surface area contributed by atoms with Crippen molar-refractivity contribution in [1.29, 1.82) is 0 Å². The first-order valence-electron chi connectivity index (χ1n) is 6.51. The molecule has 2 aromatic rings. The first-order chi connectivity index (χ1) is 10.1. The lowest BCUT2D eigenvalue weighted by Gasteiger charge is -2.21. The van der Waals surface area contributed by atoms with Crippen LogP contribution in [0.5, 0.6) is 5.75 Å². The van der Waals surface area contributed by atoms with E-state index in [9.17, 15) is 8.42 Å². The molecule has 0 unspecified atom stereocenters.